The van der Waals surface area contributed by atoms with Crippen LogP contribution in [0.4, 0.5) is 0 Å². The van der Waals surface area contributed by atoms with Crippen LogP contribution in [0.5, 0.6) is 5.75 Å². The summed E-state index contributed by atoms with van der Waals surface area (Å²) in [6, 6.07) is 6.90. The smallest absolute Gasteiger partial charge is 0.150 e. The Hall–Kier alpha value is -2.21. The zero-order valence-corrected chi connectivity index (χ0v) is 19.2. The van der Waals surface area contributed by atoms with Gasteiger partial charge in [0, 0.05) is 31.7 Å². The van der Waals surface area contributed by atoms with E-state index in [1.807, 2.05) is 0 Å². The third-order valence-corrected chi connectivity index (χ3v) is 5.71. The zero-order valence-electron chi connectivity index (χ0n) is 19.2. The number of allylic oxidation sites excluding steroid dienone is 3. The van der Waals surface area contributed by atoms with Gasteiger partial charge >= 0.3 is 0 Å². The predicted molar refractivity (Wildman–Crippen MR) is 130 cm³/mol. The second-order valence-corrected chi connectivity index (χ2v) is 8.20. The fourth-order valence-electron chi connectivity index (χ4n) is 3.82. The molecule has 3 rings (SSSR count). The Morgan fingerprint density at radius 2 is 1.68 bits per heavy atom. The molecule has 0 aliphatic carbocycles. The molecule has 0 N–H and O–H groups in total. The molecule has 2 heterocycles. The van der Waals surface area contributed by atoms with Crippen LogP contribution >= 0.6 is 0 Å². The number of rotatable bonds is 9. The molecule has 2 saturated heterocycles. The number of carbonyl (C=O) groups is 1. The molecular formula is C26H39N3O2. The number of carbonyl (C=O) groups excluding carboxylic acids is 1. The van der Waals surface area contributed by atoms with Crippen LogP contribution in [0.1, 0.15) is 36.0 Å². The van der Waals surface area contributed by atoms with E-state index >= 15 is 0 Å². The van der Waals surface area contributed by atoms with Crippen LogP contribution in [0.15, 0.2) is 61.4 Å². The first-order valence-electron chi connectivity index (χ1n) is 11.5. The quantitative estimate of drug-likeness (QED) is 0.336. The highest BCUT2D eigenvalue weighted by Crippen LogP contribution is 2.15. The predicted octanol–water partition coefficient (Wildman–Crippen LogP) is 4.24. The molecule has 2 fully saturated rings. The van der Waals surface area contributed by atoms with E-state index in [0.717, 1.165) is 6.29 Å². The minimum atomic E-state index is 0.578. The number of hydrogen-bond acceptors (Lipinski definition) is 5. The molecule has 31 heavy (non-hydrogen) atoms. The van der Waals surface area contributed by atoms with Gasteiger partial charge in [-0.05, 0) is 76.8 Å². The molecule has 0 saturated carbocycles. The van der Waals surface area contributed by atoms with Crippen molar-refractivity contribution < 1.29 is 9.53 Å². The summed E-state index contributed by atoms with van der Waals surface area (Å²) in [7, 11) is 2.23. The Labute approximate surface area is 188 Å². The summed E-state index contributed by atoms with van der Waals surface area (Å²) in [6.07, 6.45) is 11.3. The summed E-state index contributed by atoms with van der Waals surface area (Å²) >= 11 is 0. The van der Waals surface area contributed by atoms with Crippen LogP contribution in [0.25, 0.3) is 0 Å². The van der Waals surface area contributed by atoms with Crippen LogP contribution in [0.2, 0.25) is 0 Å². The van der Waals surface area contributed by atoms with Crippen molar-refractivity contribution in [2.75, 3.05) is 59.4 Å². The van der Waals surface area contributed by atoms with E-state index in [-0.39, 0.29) is 0 Å². The second kappa shape index (κ2) is 14.7. The standard InChI is InChI=1S/C13H27N3.C13H12O2/c1-14-10-12-16(13-11-14)9-5-8-15-6-3-2-4-7-15;1-3-6-12(4-2)15-13-8-5-7-11(9-13)10-14/h2-13H2,1H3;3-10H,1-2H2/b;12-6+. The Bertz CT molecular complexity index is 702. The van der Waals surface area contributed by atoms with Gasteiger partial charge in [0.15, 0.2) is 0 Å². The van der Waals surface area contributed by atoms with Gasteiger partial charge in [0.25, 0.3) is 0 Å². The van der Waals surface area contributed by atoms with Gasteiger partial charge in [0.1, 0.15) is 17.8 Å². The van der Waals surface area contributed by atoms with Gasteiger partial charge < -0.3 is 19.4 Å². The maximum atomic E-state index is 10.5. The third-order valence-electron chi connectivity index (χ3n) is 5.71. The van der Waals surface area contributed by atoms with Gasteiger partial charge in [0.05, 0.1) is 0 Å². The molecule has 1 aromatic carbocycles. The molecule has 0 unspecified atom stereocenters. The minimum absolute atomic E-state index is 0.578. The number of piperazine rings is 1. The average molecular weight is 426 g/mol. The van der Waals surface area contributed by atoms with E-state index in [4.69, 9.17) is 4.74 Å². The van der Waals surface area contributed by atoms with E-state index in [0.29, 0.717) is 17.1 Å². The van der Waals surface area contributed by atoms with Gasteiger partial charge in [-0.3, -0.25) is 4.79 Å². The van der Waals surface area contributed by atoms with Crippen molar-refractivity contribution in [1.82, 2.24) is 14.7 Å². The molecule has 0 bridgehead atoms. The lowest BCUT2D eigenvalue weighted by Gasteiger charge is -2.33. The van der Waals surface area contributed by atoms with Crippen LogP contribution in [0, 0.1) is 0 Å². The number of ether oxygens (including phenoxy) is 1. The van der Waals surface area contributed by atoms with Crippen LogP contribution in [-0.2, 0) is 0 Å². The maximum Gasteiger partial charge on any atom is 0.150 e. The van der Waals surface area contributed by atoms with Gasteiger partial charge in [-0.2, -0.15) is 0 Å². The molecule has 0 spiro atoms. The largest absolute Gasteiger partial charge is 0.457 e. The molecular weight excluding hydrogens is 386 g/mol. The summed E-state index contributed by atoms with van der Waals surface area (Å²) in [5, 5.41) is 0. The summed E-state index contributed by atoms with van der Waals surface area (Å²) < 4.78 is 5.46. The molecule has 170 valence electrons. The van der Waals surface area contributed by atoms with Gasteiger partial charge in [-0.1, -0.05) is 37.8 Å². The monoisotopic (exact) mass is 425 g/mol. The summed E-state index contributed by atoms with van der Waals surface area (Å²) in [4.78, 5) is 18.2. The number of likely N-dealkylation sites (N-methyl/N-ethyl adjacent to an activating group) is 1. The molecule has 1 aromatic rings. The highest BCUT2D eigenvalue weighted by molar-refractivity contribution is 5.75. The Kier molecular flexibility index (Phi) is 11.9. The summed E-state index contributed by atoms with van der Waals surface area (Å²) in [6.45, 7) is 17.6. The number of benzene rings is 1. The van der Waals surface area contributed by atoms with Crippen molar-refractivity contribution in [3.05, 3.63) is 67.0 Å². The molecule has 2 aliphatic rings. The lowest BCUT2D eigenvalue weighted by atomic mass is 10.1. The molecule has 2 aliphatic heterocycles. The van der Waals surface area contributed by atoms with E-state index in [2.05, 4.69) is 34.9 Å². The molecule has 0 radical (unpaired) electrons. The van der Waals surface area contributed by atoms with Crippen molar-refractivity contribution in [3.8, 4) is 5.75 Å². The molecule has 5 heteroatoms. The normalized spacial score (nSPS) is 18.5. The van der Waals surface area contributed by atoms with Gasteiger partial charge in [-0.25, -0.2) is 0 Å². The van der Waals surface area contributed by atoms with E-state index in [1.54, 1.807) is 42.5 Å². The SMILES string of the molecule is C=C/C=C(\C=C)Oc1cccc(C=O)c1.CN1CCN(CCCN2CCCCC2)CC1. The van der Waals surface area contributed by atoms with Crippen LogP contribution in [-0.4, -0.2) is 80.4 Å². The van der Waals surface area contributed by atoms with E-state index in [1.165, 1.54) is 78.0 Å². The highest BCUT2D eigenvalue weighted by atomic mass is 16.5. The van der Waals surface area contributed by atoms with E-state index < -0.39 is 0 Å². The Morgan fingerprint density at radius 1 is 1.00 bits per heavy atom. The zero-order chi connectivity index (χ0) is 22.3. The fourth-order valence-corrected chi connectivity index (χ4v) is 3.82. The Balaban J connectivity index is 0.000000221. The lowest BCUT2D eigenvalue weighted by Crippen LogP contribution is -2.45. The molecule has 0 atom stereocenters. The topological polar surface area (TPSA) is 36.0 Å². The third kappa shape index (κ3) is 10.1. The number of nitrogens with zero attached hydrogens (tertiary/aromatic N) is 3. The molecule has 5 nitrogen and oxygen atoms in total. The molecule has 0 amide bonds. The average Bonchev–Trinajstić information content (AvgIpc) is 2.81. The summed E-state index contributed by atoms with van der Waals surface area (Å²) in [5.41, 5.74) is 0.578. The van der Waals surface area contributed by atoms with Crippen molar-refractivity contribution in [2.24, 2.45) is 0 Å². The van der Waals surface area contributed by atoms with Crippen molar-refractivity contribution in [2.45, 2.75) is 25.7 Å². The second-order valence-electron chi connectivity index (χ2n) is 8.20. The van der Waals surface area contributed by atoms with Gasteiger partial charge in [-0.15, -0.1) is 0 Å². The van der Waals surface area contributed by atoms with Crippen molar-refractivity contribution >= 4 is 6.29 Å². The lowest BCUT2D eigenvalue weighted by molar-refractivity contribution is 0.112. The minimum Gasteiger partial charge on any atom is -0.457 e. The van der Waals surface area contributed by atoms with Crippen LogP contribution < -0.4 is 4.74 Å². The number of hydrogen-bond donors (Lipinski definition) is 0. The van der Waals surface area contributed by atoms with Crippen molar-refractivity contribution in [1.29, 1.82) is 0 Å². The number of piperidine rings is 1. The molecule has 0 aromatic heterocycles. The van der Waals surface area contributed by atoms with Gasteiger partial charge in [0.2, 0.25) is 0 Å². The first-order valence-corrected chi connectivity index (χ1v) is 11.5. The fraction of sp³-hybridized carbons (Fsp3) is 0.500. The summed E-state index contributed by atoms with van der Waals surface area (Å²) in [5.74, 6) is 1.20. The van der Waals surface area contributed by atoms with Crippen molar-refractivity contribution in [3.63, 3.8) is 0 Å². The van der Waals surface area contributed by atoms with E-state index in [9.17, 15) is 4.79 Å². The first-order chi connectivity index (χ1) is 15.1. The van der Waals surface area contributed by atoms with Crippen LogP contribution in [0.3, 0.4) is 0 Å². The first kappa shape index (κ1) is 25.1. The highest BCUT2D eigenvalue weighted by Gasteiger charge is 2.14. The Morgan fingerprint density at radius 3 is 2.29 bits per heavy atom. The number of aldehydes is 1. The maximum absolute atomic E-state index is 10.5. The number of likely N-dealkylation sites (tertiary alicyclic amines) is 1.